The number of hydrogen-bond acceptors (Lipinski definition) is 6. The van der Waals surface area contributed by atoms with Gasteiger partial charge in [-0.15, -0.1) is 11.3 Å². The number of fused-ring (bicyclic) bond motifs is 1. The Bertz CT molecular complexity index is 1450. The summed E-state index contributed by atoms with van der Waals surface area (Å²) in [6.45, 7) is 5.11. The molecule has 166 valence electrons. The van der Waals surface area contributed by atoms with Gasteiger partial charge in [0.25, 0.3) is 5.56 Å². The van der Waals surface area contributed by atoms with E-state index in [0.29, 0.717) is 44.4 Å². The number of ether oxygens (including phenoxy) is 1. The van der Waals surface area contributed by atoms with E-state index in [0.717, 1.165) is 5.39 Å². The van der Waals surface area contributed by atoms with Crippen LogP contribution in [0.25, 0.3) is 22.2 Å². The van der Waals surface area contributed by atoms with Crippen molar-refractivity contribution in [3.8, 4) is 17.0 Å². The van der Waals surface area contributed by atoms with Crippen LogP contribution in [0.1, 0.15) is 32.2 Å². The summed E-state index contributed by atoms with van der Waals surface area (Å²) in [4.78, 5) is 20.5. The highest BCUT2D eigenvalue weighted by molar-refractivity contribution is 7.96. The summed E-state index contributed by atoms with van der Waals surface area (Å²) >= 11 is 1.24. The van der Waals surface area contributed by atoms with Gasteiger partial charge in [0.15, 0.2) is 9.84 Å². The van der Waals surface area contributed by atoms with Gasteiger partial charge in [0, 0.05) is 11.4 Å². The Morgan fingerprint density at radius 2 is 1.91 bits per heavy atom. The number of pyridine rings is 1. The molecule has 2 aromatic heterocycles. The van der Waals surface area contributed by atoms with Crippen molar-refractivity contribution in [2.75, 3.05) is 7.11 Å². The summed E-state index contributed by atoms with van der Waals surface area (Å²) in [7, 11) is -2.15. The fraction of sp³-hybridized carbons (Fsp3) is 0.250. The van der Waals surface area contributed by atoms with Crippen LogP contribution in [0.2, 0.25) is 0 Å². The highest BCUT2D eigenvalue weighted by Crippen LogP contribution is 2.39. The predicted molar refractivity (Wildman–Crippen MR) is 130 cm³/mol. The monoisotopic (exact) mass is 468 g/mol. The van der Waals surface area contributed by atoms with Crippen molar-refractivity contribution in [2.45, 2.75) is 31.9 Å². The van der Waals surface area contributed by atoms with Crippen LogP contribution in [0, 0.1) is 0 Å². The van der Waals surface area contributed by atoms with E-state index in [-0.39, 0.29) is 5.56 Å². The van der Waals surface area contributed by atoms with E-state index >= 15 is 0 Å². The van der Waals surface area contributed by atoms with Crippen LogP contribution in [-0.4, -0.2) is 25.5 Å². The summed E-state index contributed by atoms with van der Waals surface area (Å²) in [6, 6.07) is 7.20. The summed E-state index contributed by atoms with van der Waals surface area (Å²) in [6.07, 6.45) is 7.97. The lowest BCUT2D eigenvalue weighted by Gasteiger charge is -2.24. The second kappa shape index (κ2) is 8.18. The van der Waals surface area contributed by atoms with Gasteiger partial charge in [-0.25, -0.2) is 13.4 Å². The fourth-order valence-corrected chi connectivity index (χ4v) is 6.48. The zero-order valence-electron chi connectivity index (χ0n) is 18.3. The highest BCUT2D eigenvalue weighted by Gasteiger charge is 2.41. The number of nitrogens with one attached hydrogen (secondary N) is 1. The van der Waals surface area contributed by atoms with Crippen LogP contribution in [0.15, 0.2) is 69.2 Å². The Labute approximate surface area is 190 Å². The number of sulfone groups is 1. The number of aromatic nitrogens is 2. The number of benzene rings is 1. The minimum Gasteiger partial charge on any atom is -0.497 e. The van der Waals surface area contributed by atoms with Gasteiger partial charge in [0.1, 0.15) is 15.5 Å². The van der Waals surface area contributed by atoms with Crippen LogP contribution in [0.3, 0.4) is 0 Å². The molecule has 2 heterocycles. The Hall–Kier alpha value is -2.97. The van der Waals surface area contributed by atoms with E-state index in [1.165, 1.54) is 11.3 Å². The molecule has 0 unspecified atom stereocenters. The number of rotatable bonds is 5. The number of thiazole rings is 1. The molecule has 1 aromatic carbocycles. The number of H-pyrrole nitrogens is 1. The first-order valence-corrected chi connectivity index (χ1v) is 12.5. The first kappa shape index (κ1) is 22.2. The minimum atomic E-state index is -3.72. The topological polar surface area (TPSA) is 89.1 Å². The third-order valence-electron chi connectivity index (χ3n) is 5.61. The molecule has 6 nitrogen and oxygen atoms in total. The number of allylic oxidation sites excluding steroid dienone is 5. The number of hydrogen-bond donors (Lipinski definition) is 1. The first-order chi connectivity index (χ1) is 15.1. The minimum absolute atomic E-state index is 0.293. The van der Waals surface area contributed by atoms with E-state index < -0.39 is 14.6 Å². The zero-order valence-corrected chi connectivity index (χ0v) is 19.9. The molecular formula is C24H24N2O4S2. The highest BCUT2D eigenvalue weighted by atomic mass is 32.2. The summed E-state index contributed by atoms with van der Waals surface area (Å²) < 4.78 is 31.1. The Morgan fingerprint density at radius 3 is 2.66 bits per heavy atom. The lowest BCUT2D eigenvalue weighted by molar-refractivity contribution is 0.415. The van der Waals surface area contributed by atoms with Gasteiger partial charge >= 0.3 is 0 Å². The van der Waals surface area contributed by atoms with E-state index in [4.69, 9.17) is 4.74 Å². The Morgan fingerprint density at radius 1 is 1.16 bits per heavy atom. The van der Waals surface area contributed by atoms with Crippen LogP contribution in [0.5, 0.6) is 5.75 Å². The van der Waals surface area contributed by atoms with Crippen molar-refractivity contribution in [2.24, 2.45) is 0 Å². The molecule has 0 radical (unpaired) electrons. The van der Waals surface area contributed by atoms with Crippen molar-refractivity contribution in [1.82, 2.24) is 9.97 Å². The first-order valence-electron chi connectivity index (χ1n) is 10.1. The number of nitrogens with zero attached hydrogens (tertiary/aromatic N) is 1. The number of methoxy groups -OCH3 is 1. The maximum atomic E-state index is 13.6. The molecule has 0 bridgehead atoms. The van der Waals surface area contributed by atoms with Crippen molar-refractivity contribution >= 4 is 32.1 Å². The SMILES string of the molecule is COc1ccc2cc(-c3csc(C(C)(C)S(=O)(=O)C4=C(C)C=CCC=C4)n3)c(=O)[nH]c2c1. The molecule has 32 heavy (non-hydrogen) atoms. The van der Waals surface area contributed by atoms with Crippen LogP contribution in [-0.2, 0) is 14.6 Å². The van der Waals surface area contributed by atoms with Gasteiger partial charge in [-0.1, -0.05) is 18.2 Å². The second-order valence-corrected chi connectivity index (χ2v) is 11.4. The molecule has 0 aliphatic heterocycles. The van der Waals surface area contributed by atoms with Gasteiger partial charge in [-0.2, -0.15) is 0 Å². The second-order valence-electron chi connectivity index (χ2n) is 8.10. The van der Waals surface area contributed by atoms with Crippen LogP contribution >= 0.6 is 11.3 Å². The van der Waals surface area contributed by atoms with Crippen molar-refractivity contribution in [1.29, 1.82) is 0 Å². The Kier molecular flexibility index (Phi) is 5.68. The summed E-state index contributed by atoms with van der Waals surface area (Å²) in [5.74, 6) is 0.649. The maximum Gasteiger partial charge on any atom is 0.257 e. The maximum absolute atomic E-state index is 13.6. The Balaban J connectivity index is 1.77. The number of aromatic amines is 1. The van der Waals surface area contributed by atoms with Crippen LogP contribution < -0.4 is 10.3 Å². The van der Waals surface area contributed by atoms with Gasteiger partial charge in [-0.05, 0) is 62.4 Å². The van der Waals surface area contributed by atoms with Gasteiger partial charge in [0.2, 0.25) is 0 Å². The fourth-order valence-electron chi connectivity index (χ4n) is 3.57. The molecule has 1 N–H and O–H groups in total. The largest absolute Gasteiger partial charge is 0.497 e. The van der Waals surface area contributed by atoms with Crippen molar-refractivity contribution in [3.63, 3.8) is 0 Å². The van der Waals surface area contributed by atoms with E-state index in [1.54, 1.807) is 51.5 Å². The standard InChI is InChI=1S/C24H24N2O4S2/c1-15-8-6-5-7-9-21(15)32(28,29)24(2,3)23-26-20(14-31-23)18-12-16-10-11-17(30-4)13-19(16)25-22(18)27/h6-14H,5H2,1-4H3,(H,25,27). The summed E-state index contributed by atoms with van der Waals surface area (Å²) in [5.41, 5.74) is 1.91. The quantitative estimate of drug-likeness (QED) is 0.563. The lowest BCUT2D eigenvalue weighted by atomic mass is 10.1. The molecule has 1 aliphatic carbocycles. The average Bonchev–Trinajstić information content (AvgIpc) is 3.15. The predicted octanol–water partition coefficient (Wildman–Crippen LogP) is 5.10. The lowest BCUT2D eigenvalue weighted by Crippen LogP contribution is -2.30. The van der Waals surface area contributed by atoms with Crippen molar-refractivity contribution < 1.29 is 13.2 Å². The third kappa shape index (κ3) is 3.73. The van der Waals surface area contributed by atoms with Gasteiger partial charge in [0.05, 0.1) is 28.8 Å². The smallest absolute Gasteiger partial charge is 0.257 e. The van der Waals surface area contributed by atoms with Crippen LogP contribution in [0.4, 0.5) is 0 Å². The molecule has 0 spiro atoms. The molecule has 3 aromatic rings. The molecular weight excluding hydrogens is 444 g/mol. The van der Waals surface area contributed by atoms with Gasteiger partial charge < -0.3 is 9.72 Å². The van der Waals surface area contributed by atoms with E-state index in [1.807, 2.05) is 30.4 Å². The molecule has 8 heteroatoms. The molecule has 0 atom stereocenters. The normalized spacial score (nSPS) is 14.8. The third-order valence-corrected chi connectivity index (χ3v) is 9.48. The molecule has 0 amide bonds. The summed E-state index contributed by atoms with van der Waals surface area (Å²) in [5, 5.41) is 3.00. The zero-order chi connectivity index (χ0) is 23.1. The molecule has 0 saturated heterocycles. The molecule has 4 rings (SSSR count). The van der Waals surface area contributed by atoms with E-state index in [9.17, 15) is 13.2 Å². The molecule has 1 aliphatic rings. The van der Waals surface area contributed by atoms with Gasteiger partial charge in [-0.3, -0.25) is 4.79 Å². The molecule has 0 fully saturated rings. The molecule has 0 saturated carbocycles. The van der Waals surface area contributed by atoms with Crippen molar-refractivity contribution in [3.05, 3.63) is 79.8 Å². The average molecular weight is 469 g/mol. The van der Waals surface area contributed by atoms with E-state index in [2.05, 4.69) is 9.97 Å².